The summed E-state index contributed by atoms with van der Waals surface area (Å²) in [5.74, 6) is -0.0661. The van der Waals surface area contributed by atoms with Crippen molar-refractivity contribution < 1.29 is 9.53 Å². The number of thiophene rings is 1. The second kappa shape index (κ2) is 7.12. The maximum Gasteiger partial charge on any atom is 0.247 e. The third-order valence-corrected chi connectivity index (χ3v) is 7.94. The number of aryl methyl sites for hydroxylation is 2. The first kappa shape index (κ1) is 20.7. The lowest BCUT2D eigenvalue weighted by molar-refractivity contribution is -0.222. The van der Waals surface area contributed by atoms with Crippen molar-refractivity contribution in [3.05, 3.63) is 21.9 Å². The summed E-state index contributed by atoms with van der Waals surface area (Å²) in [7, 11) is 0. The zero-order chi connectivity index (χ0) is 18.7. The largest absolute Gasteiger partial charge is 0.377 e. The number of aromatic nitrogens is 1. The highest BCUT2D eigenvalue weighted by Crippen LogP contribution is 2.57. The topological polar surface area (TPSA) is 77.2 Å². The van der Waals surface area contributed by atoms with Crippen LogP contribution in [0.3, 0.4) is 0 Å². The predicted octanol–water partition coefficient (Wildman–Crippen LogP) is 4.38. The van der Waals surface area contributed by atoms with Gasteiger partial charge in [-0.15, -0.1) is 35.1 Å². The lowest BCUT2D eigenvalue weighted by Crippen LogP contribution is -2.81. The summed E-state index contributed by atoms with van der Waals surface area (Å²) in [6.45, 7) is 8.95. The molecule has 3 atom stereocenters. The Morgan fingerprint density at radius 2 is 2.07 bits per heavy atom. The fourth-order valence-electron chi connectivity index (χ4n) is 4.48. The summed E-state index contributed by atoms with van der Waals surface area (Å²) in [6, 6.07) is 4.17. The zero-order valence-corrected chi connectivity index (χ0v) is 18.4. The summed E-state index contributed by atoms with van der Waals surface area (Å²) >= 11 is 3.22. The number of rotatable bonds is 3. The highest BCUT2D eigenvalue weighted by molar-refractivity contribution is 7.18. The molecule has 0 aromatic carbocycles. The summed E-state index contributed by atoms with van der Waals surface area (Å²) in [5, 5.41) is 3.62. The molecule has 2 fully saturated rings. The second-order valence-electron chi connectivity index (χ2n) is 7.92. The van der Waals surface area contributed by atoms with Gasteiger partial charge < -0.3 is 15.8 Å². The van der Waals surface area contributed by atoms with Gasteiger partial charge in [-0.2, -0.15) is 0 Å². The average molecular weight is 428 g/mol. The molecule has 1 saturated carbocycles. The van der Waals surface area contributed by atoms with Crippen molar-refractivity contribution in [3.8, 4) is 10.6 Å². The number of hydrogen-bond acceptors (Lipinski definition) is 6. The Bertz CT molecular complexity index is 863. The SMILES string of the molecule is Cc1ccc(-c2nc(NC(=O)C3(N)C4CCCOC4C3(C)C)sc2C)s1.Cl. The van der Waals surface area contributed by atoms with E-state index in [0.717, 1.165) is 34.9 Å². The molecule has 4 rings (SSSR count). The van der Waals surface area contributed by atoms with Gasteiger partial charge in [-0.1, -0.05) is 13.8 Å². The molecule has 148 valence electrons. The summed E-state index contributed by atoms with van der Waals surface area (Å²) in [4.78, 5) is 21.3. The monoisotopic (exact) mass is 427 g/mol. The lowest BCUT2D eigenvalue weighted by atomic mass is 9.46. The van der Waals surface area contributed by atoms with E-state index in [9.17, 15) is 4.79 Å². The van der Waals surface area contributed by atoms with Crippen LogP contribution in [0.1, 0.15) is 36.4 Å². The van der Waals surface area contributed by atoms with Gasteiger partial charge in [-0.25, -0.2) is 4.98 Å². The van der Waals surface area contributed by atoms with Gasteiger partial charge in [0.15, 0.2) is 5.13 Å². The van der Waals surface area contributed by atoms with Gasteiger partial charge in [0.2, 0.25) is 5.91 Å². The Labute approximate surface area is 174 Å². The van der Waals surface area contributed by atoms with Crippen LogP contribution in [0.2, 0.25) is 0 Å². The van der Waals surface area contributed by atoms with Crippen LogP contribution in [0.5, 0.6) is 0 Å². The third kappa shape index (κ3) is 3.04. The smallest absolute Gasteiger partial charge is 0.247 e. The van der Waals surface area contributed by atoms with E-state index < -0.39 is 5.54 Å². The number of anilines is 1. The van der Waals surface area contributed by atoms with E-state index in [4.69, 9.17) is 10.5 Å². The van der Waals surface area contributed by atoms with E-state index in [-0.39, 0.29) is 35.8 Å². The van der Waals surface area contributed by atoms with Gasteiger partial charge in [0, 0.05) is 27.7 Å². The van der Waals surface area contributed by atoms with Crippen LogP contribution in [0.25, 0.3) is 10.6 Å². The minimum Gasteiger partial charge on any atom is -0.377 e. The molecule has 1 saturated heterocycles. The summed E-state index contributed by atoms with van der Waals surface area (Å²) < 4.78 is 5.90. The number of nitrogens with one attached hydrogen (secondary N) is 1. The minimum absolute atomic E-state index is 0. The Balaban J connectivity index is 0.00000210. The van der Waals surface area contributed by atoms with Crippen molar-refractivity contribution in [2.75, 3.05) is 11.9 Å². The number of ether oxygens (including phenoxy) is 1. The number of carbonyl (C=O) groups is 1. The number of hydrogen-bond donors (Lipinski definition) is 2. The number of fused-ring (bicyclic) bond motifs is 1. The summed E-state index contributed by atoms with van der Waals surface area (Å²) in [6.07, 6.45) is 1.96. The normalized spacial score (nSPS) is 28.6. The molecule has 1 aliphatic heterocycles. The van der Waals surface area contributed by atoms with Gasteiger partial charge in [-0.3, -0.25) is 4.79 Å². The van der Waals surface area contributed by atoms with Crippen LogP contribution in [-0.2, 0) is 9.53 Å². The number of amides is 1. The fraction of sp³-hybridized carbons (Fsp3) is 0.579. The number of nitrogens with two attached hydrogens (primary N) is 1. The Morgan fingerprint density at radius 3 is 2.74 bits per heavy atom. The van der Waals surface area contributed by atoms with Crippen LogP contribution in [0.4, 0.5) is 5.13 Å². The highest BCUT2D eigenvalue weighted by Gasteiger charge is 2.70. The third-order valence-electron chi connectivity index (χ3n) is 6.05. The maximum atomic E-state index is 13.1. The van der Waals surface area contributed by atoms with E-state index in [2.05, 4.69) is 29.4 Å². The molecule has 1 amide bonds. The van der Waals surface area contributed by atoms with Crippen LogP contribution in [0.15, 0.2) is 12.1 Å². The number of thiazole rings is 1. The maximum absolute atomic E-state index is 13.1. The molecule has 3 N–H and O–H groups in total. The first-order chi connectivity index (χ1) is 12.2. The minimum atomic E-state index is -0.919. The average Bonchev–Trinajstić information content (AvgIpc) is 3.19. The molecule has 27 heavy (non-hydrogen) atoms. The molecule has 2 aliphatic rings. The van der Waals surface area contributed by atoms with Crippen molar-refractivity contribution in [2.45, 2.75) is 52.2 Å². The van der Waals surface area contributed by atoms with Crippen molar-refractivity contribution in [1.29, 1.82) is 0 Å². The van der Waals surface area contributed by atoms with E-state index in [0.29, 0.717) is 5.13 Å². The molecule has 0 bridgehead atoms. The quantitative estimate of drug-likeness (QED) is 0.761. The zero-order valence-electron chi connectivity index (χ0n) is 16.0. The standard InChI is InChI=1S/C19H25N3O2S2.ClH/c1-10-7-8-13(25-10)14-11(2)26-17(21-14)22-16(23)19(20)12-6-5-9-24-15(12)18(19,3)4;/h7-8,12,15H,5-6,9,20H2,1-4H3,(H,21,22,23);1H. The number of nitrogens with zero attached hydrogens (tertiary/aromatic N) is 1. The molecule has 3 unspecified atom stereocenters. The molecular formula is C19H26ClN3O2S2. The van der Waals surface area contributed by atoms with Crippen LogP contribution in [0, 0.1) is 25.2 Å². The number of carbonyl (C=O) groups excluding carboxylic acids is 1. The van der Waals surface area contributed by atoms with Crippen LogP contribution >= 0.6 is 35.1 Å². The molecule has 5 nitrogen and oxygen atoms in total. The van der Waals surface area contributed by atoms with Gasteiger partial charge in [0.25, 0.3) is 0 Å². The molecule has 0 radical (unpaired) electrons. The van der Waals surface area contributed by atoms with Crippen molar-refractivity contribution in [2.24, 2.45) is 17.1 Å². The Morgan fingerprint density at radius 1 is 1.33 bits per heavy atom. The van der Waals surface area contributed by atoms with E-state index in [1.54, 1.807) is 11.3 Å². The second-order valence-corrected chi connectivity index (χ2v) is 10.4. The van der Waals surface area contributed by atoms with Gasteiger partial charge >= 0.3 is 0 Å². The fourth-order valence-corrected chi connectivity index (χ4v) is 6.28. The van der Waals surface area contributed by atoms with Crippen molar-refractivity contribution >= 4 is 46.1 Å². The Hall–Kier alpha value is -0.990. The lowest BCUT2D eigenvalue weighted by Gasteiger charge is -2.64. The Kier molecular flexibility index (Phi) is 5.47. The van der Waals surface area contributed by atoms with E-state index in [1.165, 1.54) is 16.2 Å². The van der Waals surface area contributed by atoms with Crippen LogP contribution in [-0.4, -0.2) is 29.1 Å². The molecule has 1 aliphatic carbocycles. The van der Waals surface area contributed by atoms with E-state index >= 15 is 0 Å². The molecule has 0 spiro atoms. The van der Waals surface area contributed by atoms with E-state index in [1.807, 2.05) is 20.8 Å². The summed E-state index contributed by atoms with van der Waals surface area (Å²) in [5.41, 5.74) is 6.31. The molecule has 3 heterocycles. The first-order valence-electron chi connectivity index (χ1n) is 9.01. The van der Waals surface area contributed by atoms with Crippen molar-refractivity contribution in [1.82, 2.24) is 4.98 Å². The van der Waals surface area contributed by atoms with Gasteiger partial charge in [0.05, 0.1) is 16.7 Å². The molecule has 2 aromatic rings. The van der Waals surface area contributed by atoms with Gasteiger partial charge in [-0.05, 0) is 38.8 Å². The number of halogens is 1. The molecular weight excluding hydrogens is 402 g/mol. The molecule has 8 heteroatoms. The van der Waals surface area contributed by atoms with Crippen molar-refractivity contribution in [3.63, 3.8) is 0 Å². The predicted molar refractivity (Wildman–Crippen MR) is 114 cm³/mol. The van der Waals surface area contributed by atoms with Gasteiger partial charge in [0.1, 0.15) is 5.54 Å². The first-order valence-corrected chi connectivity index (χ1v) is 10.6. The highest BCUT2D eigenvalue weighted by atomic mass is 35.5. The molecule has 2 aromatic heterocycles. The van der Waals surface area contributed by atoms with Crippen LogP contribution < -0.4 is 11.1 Å².